The Morgan fingerprint density at radius 3 is 2.58 bits per heavy atom. The van der Waals surface area contributed by atoms with E-state index in [4.69, 9.17) is 20.3 Å². The van der Waals surface area contributed by atoms with Gasteiger partial charge in [0, 0.05) is 12.6 Å². The zero-order valence-electron chi connectivity index (χ0n) is 18.2. The van der Waals surface area contributed by atoms with E-state index in [2.05, 4.69) is 14.0 Å². The van der Waals surface area contributed by atoms with Crippen LogP contribution in [0, 0.1) is 0 Å². The third-order valence-electron chi connectivity index (χ3n) is 5.53. The Balaban J connectivity index is 1.73. The first-order chi connectivity index (χ1) is 16.7. The minimum Gasteiger partial charge on any atom is -0.756 e. The number of hydrogen-bond donors (Lipinski definition) is 7. The normalized spacial score (nSPS) is 37.4. The van der Waals surface area contributed by atoms with Crippen molar-refractivity contribution in [1.29, 1.82) is 0 Å². The summed E-state index contributed by atoms with van der Waals surface area (Å²) in [5.41, 5.74) is 4.43. The number of carboxylic acid groups (broad SMARTS) is 1. The lowest BCUT2D eigenvalue weighted by atomic mass is 9.93. The molecule has 3 rings (SSSR count). The van der Waals surface area contributed by atoms with E-state index in [0.717, 1.165) is 10.8 Å². The number of carboxylic acids is 1. The van der Waals surface area contributed by atoms with Gasteiger partial charge in [-0.25, -0.2) is 4.79 Å². The second kappa shape index (κ2) is 10.7. The number of rotatable bonds is 9. The van der Waals surface area contributed by atoms with Crippen LogP contribution in [0.25, 0.3) is 0 Å². The van der Waals surface area contributed by atoms with Crippen molar-refractivity contribution in [2.45, 2.75) is 61.2 Å². The quantitative estimate of drug-likeness (QED) is 0.143. The second-order valence-corrected chi connectivity index (χ2v) is 9.39. The van der Waals surface area contributed by atoms with Crippen LogP contribution in [-0.4, -0.2) is 108 Å². The van der Waals surface area contributed by atoms with Gasteiger partial charge < -0.3 is 65.2 Å². The smallest absolute Gasteiger partial charge is 0.351 e. The van der Waals surface area contributed by atoms with E-state index in [1.165, 1.54) is 6.07 Å². The molecular formula is C17H24N3O15P-2. The summed E-state index contributed by atoms with van der Waals surface area (Å²) in [6.45, 7) is -2.11. The van der Waals surface area contributed by atoms with Crippen molar-refractivity contribution in [3.05, 3.63) is 22.7 Å². The number of aromatic nitrogens is 2. The van der Waals surface area contributed by atoms with Crippen molar-refractivity contribution >= 4 is 19.6 Å². The van der Waals surface area contributed by atoms with Gasteiger partial charge in [-0.1, -0.05) is 0 Å². The summed E-state index contributed by atoms with van der Waals surface area (Å²) in [6, 6.07) is 1.20. The number of anilines is 1. The molecule has 0 amide bonds. The average Bonchev–Trinajstić information content (AvgIpc) is 3.07. The first kappa shape index (κ1) is 28.5. The maximum atomic E-state index is 12.4. The number of aliphatic hydroxyl groups excluding tert-OH is 6. The van der Waals surface area contributed by atoms with E-state index in [9.17, 15) is 49.7 Å². The lowest BCUT2D eigenvalue weighted by Gasteiger charge is -2.48. The predicted molar refractivity (Wildman–Crippen MR) is 106 cm³/mol. The van der Waals surface area contributed by atoms with Gasteiger partial charge in [0.25, 0.3) is 7.82 Å². The van der Waals surface area contributed by atoms with Crippen LogP contribution in [0.5, 0.6) is 0 Å². The number of ether oxygens (including phenoxy) is 2. The summed E-state index contributed by atoms with van der Waals surface area (Å²) in [7, 11) is -5.70. The zero-order valence-corrected chi connectivity index (χ0v) is 19.1. The average molecular weight is 541 g/mol. The summed E-state index contributed by atoms with van der Waals surface area (Å²) in [4.78, 5) is 39.5. The lowest BCUT2D eigenvalue weighted by Crippen LogP contribution is -2.65. The molecule has 1 aromatic rings. The van der Waals surface area contributed by atoms with Gasteiger partial charge in [-0.05, 0) is 6.07 Å². The van der Waals surface area contributed by atoms with E-state index in [1.54, 1.807) is 0 Å². The molecule has 2 saturated heterocycles. The number of aliphatic hydroxyl groups is 6. The molecule has 2 fully saturated rings. The molecule has 1 unspecified atom stereocenters. The molecule has 1 aromatic heterocycles. The van der Waals surface area contributed by atoms with E-state index >= 15 is 0 Å². The van der Waals surface area contributed by atoms with Crippen LogP contribution in [-0.2, 0) is 27.9 Å². The minimum atomic E-state index is -5.70. The number of aliphatic carboxylic acids is 1. The third-order valence-corrected chi connectivity index (χ3v) is 6.52. The Morgan fingerprint density at radius 1 is 1.33 bits per heavy atom. The van der Waals surface area contributed by atoms with Crippen molar-refractivity contribution in [2.24, 2.45) is 0 Å². The standard InChI is InChI=1S/C17H26N3O15P/c18-9-1-2-20(16(29)19-9)14-12(26)11(25)8(33-14)5-32-36(30,31)35-17(15(27)28)3-6(22)10(24)13(34-17)7(23)4-21/h1-2,6-8,10-14,21-26H,3-5H2,(H,27,28)(H,30,31)(H2,18,19,29)/p-2/t6-,7-,8-,10-,11-,12-,13-,14-,17-/m1/s1. The maximum absolute atomic E-state index is 12.4. The fourth-order valence-electron chi connectivity index (χ4n) is 3.68. The molecule has 0 saturated carbocycles. The van der Waals surface area contributed by atoms with Gasteiger partial charge >= 0.3 is 5.69 Å². The Morgan fingerprint density at radius 2 is 2.00 bits per heavy atom. The summed E-state index contributed by atoms with van der Waals surface area (Å²) < 4.78 is 32.4. The number of nitrogens with two attached hydrogens (primary N) is 1. The van der Waals surface area contributed by atoms with E-state index in [-0.39, 0.29) is 5.82 Å². The van der Waals surface area contributed by atoms with Crippen LogP contribution in [0.2, 0.25) is 0 Å². The lowest BCUT2D eigenvalue weighted by molar-refractivity contribution is -0.382. The minimum absolute atomic E-state index is 0.133. The largest absolute Gasteiger partial charge is 0.756 e. The zero-order chi connectivity index (χ0) is 27.0. The first-order valence-electron chi connectivity index (χ1n) is 10.3. The number of hydrogen-bond acceptors (Lipinski definition) is 17. The van der Waals surface area contributed by atoms with Crippen LogP contribution in [0.15, 0.2) is 17.1 Å². The molecule has 0 aliphatic carbocycles. The molecule has 19 heteroatoms. The number of carbonyl (C=O) groups excluding carboxylic acids is 1. The summed E-state index contributed by atoms with van der Waals surface area (Å²) >= 11 is 0. The fraction of sp³-hybridized carbons (Fsp3) is 0.706. The van der Waals surface area contributed by atoms with E-state index < -0.39 is 93.9 Å². The highest BCUT2D eigenvalue weighted by atomic mass is 31.2. The molecule has 0 aromatic carbocycles. The Kier molecular flexibility index (Phi) is 8.50. The van der Waals surface area contributed by atoms with Gasteiger partial charge in [0.05, 0.1) is 19.3 Å². The second-order valence-electron chi connectivity index (χ2n) is 8.06. The van der Waals surface area contributed by atoms with Crippen LogP contribution in [0.1, 0.15) is 12.6 Å². The van der Waals surface area contributed by atoms with Crippen molar-refractivity contribution < 1.29 is 68.5 Å². The molecular weight excluding hydrogens is 517 g/mol. The SMILES string of the molecule is Nc1ccn([C@@H]2O[C@H](COP(=O)([O-])O[C@@]3(C(=O)[O-])C[C@@H](O)[C@@H](O)[C@@H]([C@H](O)CO)O3)[C@@H](O)[C@H]2O)c(=O)n1. The molecule has 36 heavy (non-hydrogen) atoms. The number of nitrogens with zero attached hydrogens (tertiary/aromatic N) is 2. The van der Waals surface area contributed by atoms with Gasteiger partial charge in [-0.2, -0.15) is 4.98 Å². The van der Waals surface area contributed by atoms with Crippen molar-refractivity contribution in [3.8, 4) is 0 Å². The number of carbonyl (C=O) groups is 1. The third kappa shape index (κ3) is 5.75. The molecule has 10 atom stereocenters. The number of phosphoric acid groups is 1. The molecule has 18 nitrogen and oxygen atoms in total. The highest BCUT2D eigenvalue weighted by Gasteiger charge is 2.52. The fourth-order valence-corrected chi connectivity index (χ4v) is 4.61. The molecule has 3 heterocycles. The van der Waals surface area contributed by atoms with Gasteiger partial charge in [0.2, 0.25) is 5.79 Å². The summed E-state index contributed by atoms with van der Waals surface area (Å²) in [5, 5.41) is 70.8. The van der Waals surface area contributed by atoms with Crippen LogP contribution >= 0.6 is 7.82 Å². The molecule has 0 spiro atoms. The van der Waals surface area contributed by atoms with Crippen molar-refractivity contribution in [1.82, 2.24) is 9.55 Å². The highest BCUT2D eigenvalue weighted by Crippen LogP contribution is 2.48. The molecule has 204 valence electrons. The van der Waals surface area contributed by atoms with E-state index in [1.807, 2.05) is 0 Å². The van der Waals surface area contributed by atoms with Crippen LogP contribution in [0.4, 0.5) is 5.82 Å². The molecule has 8 N–H and O–H groups in total. The predicted octanol–water partition coefficient (Wildman–Crippen LogP) is -6.74. The van der Waals surface area contributed by atoms with Gasteiger partial charge in [-0.3, -0.25) is 13.7 Å². The van der Waals surface area contributed by atoms with Crippen molar-refractivity contribution in [3.63, 3.8) is 0 Å². The molecule has 0 radical (unpaired) electrons. The Labute approximate surface area is 201 Å². The van der Waals surface area contributed by atoms with Gasteiger partial charge in [0.15, 0.2) is 6.23 Å². The monoisotopic (exact) mass is 541 g/mol. The van der Waals surface area contributed by atoms with Crippen LogP contribution in [0.3, 0.4) is 0 Å². The van der Waals surface area contributed by atoms with Crippen LogP contribution < -0.4 is 21.4 Å². The Hall–Kier alpha value is -2.06. The number of nitrogen functional groups attached to an aromatic ring is 1. The maximum Gasteiger partial charge on any atom is 0.351 e. The van der Waals surface area contributed by atoms with Crippen molar-refractivity contribution in [2.75, 3.05) is 18.9 Å². The topological polar surface area (TPSA) is 299 Å². The first-order valence-corrected chi connectivity index (χ1v) is 11.7. The van der Waals surface area contributed by atoms with E-state index in [0.29, 0.717) is 0 Å². The van der Waals surface area contributed by atoms with Gasteiger partial charge in [-0.15, -0.1) is 0 Å². The summed E-state index contributed by atoms with van der Waals surface area (Å²) in [6.07, 6.45) is -14.6. The highest BCUT2D eigenvalue weighted by molar-refractivity contribution is 7.45. The number of phosphoric ester groups is 1. The molecule has 2 aliphatic heterocycles. The molecule has 0 bridgehead atoms. The summed E-state index contributed by atoms with van der Waals surface area (Å²) in [5.74, 6) is -5.74. The Bertz CT molecular complexity index is 1060. The molecule has 2 aliphatic rings. The van der Waals surface area contributed by atoms with Gasteiger partial charge in [0.1, 0.15) is 48.4 Å².